The van der Waals surface area contributed by atoms with Gasteiger partial charge in [-0.15, -0.1) is 0 Å². The van der Waals surface area contributed by atoms with Crippen molar-refractivity contribution in [1.82, 2.24) is 10.3 Å². The number of urea groups is 1. The Balaban J connectivity index is 1.62. The third-order valence-corrected chi connectivity index (χ3v) is 5.42. The predicted molar refractivity (Wildman–Crippen MR) is 112 cm³/mol. The third kappa shape index (κ3) is 5.27. The first-order valence-corrected chi connectivity index (χ1v) is 9.84. The molecule has 0 bridgehead atoms. The molecule has 10 heteroatoms. The number of nitriles is 1. The van der Waals surface area contributed by atoms with Crippen LogP contribution in [0.15, 0.2) is 64.6 Å². The molecule has 6 nitrogen and oxygen atoms in total. The van der Waals surface area contributed by atoms with Crippen molar-refractivity contribution in [3.05, 3.63) is 81.7 Å². The summed E-state index contributed by atoms with van der Waals surface area (Å²) in [6.45, 7) is 0. The van der Waals surface area contributed by atoms with Crippen molar-refractivity contribution in [2.24, 2.45) is 0 Å². The molecule has 0 saturated carbocycles. The summed E-state index contributed by atoms with van der Waals surface area (Å²) in [4.78, 5) is 29.0. The standard InChI is InChI=1S/C20H11Cl2FN4O2S/c21-14-2-1-3-16(23)17(14)18(28)27-20(29)26-12-4-6-13(7-5-12)30-19-15(22)8-11(9-24)10-25-19/h1-8,10H,(H2,26,27,28,29). The number of pyridine rings is 1. The summed E-state index contributed by atoms with van der Waals surface area (Å²) in [5.74, 6) is -1.78. The molecule has 0 aliphatic carbocycles. The Morgan fingerprint density at radius 3 is 2.47 bits per heavy atom. The van der Waals surface area contributed by atoms with E-state index in [0.29, 0.717) is 21.3 Å². The molecule has 2 aromatic carbocycles. The van der Waals surface area contributed by atoms with Crippen LogP contribution in [0.3, 0.4) is 0 Å². The van der Waals surface area contributed by atoms with Crippen molar-refractivity contribution in [3.8, 4) is 6.07 Å². The zero-order valence-electron chi connectivity index (χ0n) is 14.9. The van der Waals surface area contributed by atoms with Gasteiger partial charge in [-0.1, -0.05) is 41.0 Å². The van der Waals surface area contributed by atoms with Crippen LogP contribution in [0, 0.1) is 17.1 Å². The van der Waals surface area contributed by atoms with Gasteiger partial charge in [0.25, 0.3) is 5.91 Å². The lowest BCUT2D eigenvalue weighted by atomic mass is 10.2. The molecule has 30 heavy (non-hydrogen) atoms. The van der Waals surface area contributed by atoms with Crippen molar-refractivity contribution < 1.29 is 14.0 Å². The summed E-state index contributed by atoms with van der Waals surface area (Å²) in [5.41, 5.74) is 0.358. The molecule has 0 aliphatic heterocycles. The van der Waals surface area contributed by atoms with Crippen molar-refractivity contribution in [2.75, 3.05) is 5.32 Å². The van der Waals surface area contributed by atoms with Crippen LogP contribution in [-0.2, 0) is 0 Å². The topological polar surface area (TPSA) is 94.9 Å². The molecule has 1 heterocycles. The van der Waals surface area contributed by atoms with Gasteiger partial charge in [0.1, 0.15) is 16.9 Å². The molecule has 0 atom stereocenters. The molecule has 3 aromatic rings. The fraction of sp³-hybridized carbons (Fsp3) is 0. The van der Waals surface area contributed by atoms with Gasteiger partial charge in [-0.2, -0.15) is 5.26 Å². The van der Waals surface area contributed by atoms with Crippen molar-refractivity contribution in [3.63, 3.8) is 0 Å². The number of amides is 3. The van der Waals surface area contributed by atoms with Crippen LogP contribution >= 0.6 is 35.0 Å². The Kier molecular flexibility index (Phi) is 6.90. The van der Waals surface area contributed by atoms with E-state index in [1.54, 1.807) is 24.3 Å². The Labute approximate surface area is 185 Å². The lowest BCUT2D eigenvalue weighted by molar-refractivity contribution is 0.0963. The lowest BCUT2D eigenvalue weighted by Gasteiger charge is -2.09. The van der Waals surface area contributed by atoms with E-state index < -0.39 is 23.3 Å². The van der Waals surface area contributed by atoms with Gasteiger partial charge < -0.3 is 5.32 Å². The number of nitrogens with one attached hydrogen (secondary N) is 2. The zero-order valence-corrected chi connectivity index (χ0v) is 17.3. The van der Waals surface area contributed by atoms with Crippen LogP contribution < -0.4 is 10.6 Å². The number of hydrogen-bond donors (Lipinski definition) is 2. The van der Waals surface area contributed by atoms with E-state index in [1.165, 1.54) is 36.2 Å². The molecule has 150 valence electrons. The zero-order chi connectivity index (χ0) is 21.7. The summed E-state index contributed by atoms with van der Waals surface area (Å²) in [5, 5.41) is 14.1. The summed E-state index contributed by atoms with van der Waals surface area (Å²) >= 11 is 13.2. The van der Waals surface area contributed by atoms with Crippen molar-refractivity contribution >= 4 is 52.6 Å². The minimum absolute atomic E-state index is 0.100. The van der Waals surface area contributed by atoms with Gasteiger partial charge in [0, 0.05) is 16.8 Å². The maximum atomic E-state index is 13.8. The monoisotopic (exact) mass is 460 g/mol. The summed E-state index contributed by atoms with van der Waals surface area (Å²) in [7, 11) is 0. The molecular formula is C20H11Cl2FN4O2S. The maximum Gasteiger partial charge on any atom is 0.326 e. The number of halogens is 3. The van der Waals surface area contributed by atoms with Gasteiger partial charge in [-0.25, -0.2) is 14.2 Å². The highest BCUT2D eigenvalue weighted by molar-refractivity contribution is 7.99. The Hall–Kier alpha value is -3.12. The molecular weight excluding hydrogens is 450 g/mol. The third-order valence-electron chi connectivity index (χ3n) is 3.68. The van der Waals surface area contributed by atoms with Crippen LogP contribution in [0.5, 0.6) is 0 Å². The lowest BCUT2D eigenvalue weighted by Crippen LogP contribution is -2.35. The summed E-state index contributed by atoms with van der Waals surface area (Å²) in [6.07, 6.45) is 1.42. The van der Waals surface area contributed by atoms with Crippen LogP contribution in [0.2, 0.25) is 10.0 Å². The second kappa shape index (κ2) is 9.59. The number of anilines is 1. The van der Waals surface area contributed by atoms with E-state index in [4.69, 9.17) is 28.5 Å². The number of rotatable bonds is 4. The largest absolute Gasteiger partial charge is 0.326 e. The van der Waals surface area contributed by atoms with Gasteiger partial charge in [-0.3, -0.25) is 10.1 Å². The fourth-order valence-corrected chi connectivity index (χ4v) is 3.61. The predicted octanol–water partition coefficient (Wildman–Crippen LogP) is 5.51. The molecule has 0 fully saturated rings. The average molecular weight is 461 g/mol. The molecule has 3 rings (SSSR count). The fourth-order valence-electron chi connectivity index (χ4n) is 2.32. The number of hydrogen-bond acceptors (Lipinski definition) is 5. The molecule has 0 unspecified atom stereocenters. The van der Waals surface area contributed by atoms with E-state index >= 15 is 0 Å². The minimum atomic E-state index is -0.954. The quantitative estimate of drug-likeness (QED) is 0.534. The Morgan fingerprint density at radius 1 is 1.10 bits per heavy atom. The van der Waals surface area contributed by atoms with Gasteiger partial charge in [0.05, 0.1) is 21.2 Å². The van der Waals surface area contributed by atoms with Crippen LogP contribution in [-0.4, -0.2) is 16.9 Å². The molecule has 0 aliphatic rings. The average Bonchev–Trinajstić information content (AvgIpc) is 2.70. The number of carbonyl (C=O) groups is 2. The second-order valence-corrected chi connectivity index (χ2v) is 7.63. The van der Waals surface area contributed by atoms with Gasteiger partial charge >= 0.3 is 6.03 Å². The highest BCUT2D eigenvalue weighted by Gasteiger charge is 2.18. The molecule has 0 radical (unpaired) electrons. The first kappa shape index (κ1) is 21.6. The van der Waals surface area contributed by atoms with Gasteiger partial charge in [-0.05, 0) is 42.5 Å². The highest BCUT2D eigenvalue weighted by atomic mass is 35.5. The first-order valence-electron chi connectivity index (χ1n) is 8.27. The molecule has 0 spiro atoms. The van der Waals surface area contributed by atoms with Crippen molar-refractivity contribution in [2.45, 2.75) is 9.92 Å². The highest BCUT2D eigenvalue weighted by Crippen LogP contribution is 2.32. The summed E-state index contributed by atoms with van der Waals surface area (Å²) < 4.78 is 13.8. The smallest absolute Gasteiger partial charge is 0.308 e. The molecule has 0 saturated heterocycles. The molecule has 2 N–H and O–H groups in total. The second-order valence-electron chi connectivity index (χ2n) is 5.75. The number of imide groups is 1. The normalized spacial score (nSPS) is 10.2. The van der Waals surface area contributed by atoms with E-state index in [-0.39, 0.29) is 5.02 Å². The SMILES string of the molecule is N#Cc1cnc(Sc2ccc(NC(=O)NC(=O)c3c(F)cccc3Cl)cc2)c(Cl)c1. The van der Waals surface area contributed by atoms with Gasteiger partial charge in [0.15, 0.2) is 0 Å². The van der Waals surface area contributed by atoms with Crippen LogP contribution in [0.25, 0.3) is 0 Å². The number of aromatic nitrogens is 1. The van der Waals surface area contributed by atoms with Gasteiger partial charge in [0.2, 0.25) is 0 Å². The van der Waals surface area contributed by atoms with Crippen LogP contribution in [0.1, 0.15) is 15.9 Å². The number of nitrogens with zero attached hydrogens (tertiary/aromatic N) is 2. The van der Waals surface area contributed by atoms with E-state index in [0.717, 1.165) is 11.0 Å². The van der Waals surface area contributed by atoms with Crippen molar-refractivity contribution in [1.29, 1.82) is 5.26 Å². The Morgan fingerprint density at radius 2 is 1.83 bits per heavy atom. The van der Waals surface area contributed by atoms with E-state index in [2.05, 4.69) is 10.3 Å². The molecule has 1 aromatic heterocycles. The van der Waals surface area contributed by atoms with E-state index in [9.17, 15) is 14.0 Å². The Bertz CT molecular complexity index is 1150. The first-order chi connectivity index (χ1) is 14.4. The maximum absolute atomic E-state index is 13.8. The number of carbonyl (C=O) groups excluding carboxylic acids is 2. The number of benzene rings is 2. The summed E-state index contributed by atoms with van der Waals surface area (Å²) in [6, 6.07) is 13.1. The minimum Gasteiger partial charge on any atom is -0.308 e. The molecule has 3 amide bonds. The van der Waals surface area contributed by atoms with Crippen LogP contribution in [0.4, 0.5) is 14.9 Å². The van der Waals surface area contributed by atoms with E-state index in [1.807, 2.05) is 11.4 Å².